The molecule has 2 N–H and O–H groups in total. The number of ether oxygens (including phenoxy) is 2. The summed E-state index contributed by atoms with van der Waals surface area (Å²) in [7, 11) is 3.24. The smallest absolute Gasteiger partial charge is 0.224 e. The largest absolute Gasteiger partial charge is 0.496 e. The predicted octanol–water partition coefficient (Wildman–Crippen LogP) is 1.70. The Labute approximate surface area is 127 Å². The minimum Gasteiger partial charge on any atom is -0.496 e. The average molecular weight is 343 g/mol. The van der Waals surface area contributed by atoms with Gasteiger partial charge < -0.3 is 20.1 Å². The number of nitrogens with two attached hydrogens (primary N) is 1. The molecular formula is C14H19BrN2O3. The molecule has 1 aromatic rings. The van der Waals surface area contributed by atoms with Crippen molar-refractivity contribution in [2.45, 2.75) is 18.5 Å². The molecule has 1 aliphatic heterocycles. The SMILES string of the molecule is COCCN1C(=O)CC(N)C1c1ccc(OC)c(Br)c1. The standard InChI is InChI=1S/C14H19BrN2O3/c1-19-6-5-17-13(18)8-11(16)14(17)9-3-4-12(20-2)10(15)7-9/h3-4,7,11,14H,5-6,8,16H2,1-2H3. The number of methoxy groups -OCH3 is 2. The van der Waals surface area contributed by atoms with E-state index in [2.05, 4.69) is 15.9 Å². The quantitative estimate of drug-likeness (QED) is 0.884. The highest BCUT2D eigenvalue weighted by Gasteiger charge is 2.38. The molecule has 2 unspecified atom stereocenters. The van der Waals surface area contributed by atoms with Crippen molar-refractivity contribution in [1.29, 1.82) is 0 Å². The molecule has 0 saturated carbocycles. The molecule has 1 saturated heterocycles. The number of amides is 1. The Hall–Kier alpha value is -1.11. The number of carbonyl (C=O) groups is 1. The van der Waals surface area contributed by atoms with E-state index in [0.29, 0.717) is 19.6 Å². The van der Waals surface area contributed by atoms with E-state index in [4.69, 9.17) is 15.2 Å². The van der Waals surface area contributed by atoms with E-state index in [-0.39, 0.29) is 18.0 Å². The number of rotatable bonds is 5. The third-order valence-electron chi connectivity index (χ3n) is 3.53. The van der Waals surface area contributed by atoms with Gasteiger partial charge in [0.05, 0.1) is 24.2 Å². The van der Waals surface area contributed by atoms with Crippen LogP contribution in [0.3, 0.4) is 0 Å². The minimum atomic E-state index is -0.195. The van der Waals surface area contributed by atoms with Gasteiger partial charge in [-0.3, -0.25) is 4.79 Å². The summed E-state index contributed by atoms with van der Waals surface area (Å²) in [6.07, 6.45) is 0.373. The summed E-state index contributed by atoms with van der Waals surface area (Å²) < 4.78 is 11.1. The van der Waals surface area contributed by atoms with E-state index < -0.39 is 0 Å². The van der Waals surface area contributed by atoms with Gasteiger partial charge in [0, 0.05) is 26.1 Å². The molecule has 0 aliphatic carbocycles. The second-order valence-electron chi connectivity index (χ2n) is 4.79. The summed E-state index contributed by atoms with van der Waals surface area (Å²) in [5, 5.41) is 0. The molecule has 1 aliphatic rings. The van der Waals surface area contributed by atoms with Crippen LogP contribution in [0.2, 0.25) is 0 Å². The number of nitrogens with zero attached hydrogens (tertiary/aromatic N) is 1. The zero-order valence-corrected chi connectivity index (χ0v) is 13.2. The Morgan fingerprint density at radius 2 is 2.20 bits per heavy atom. The monoisotopic (exact) mass is 342 g/mol. The van der Waals surface area contributed by atoms with Gasteiger partial charge in [-0.1, -0.05) is 6.07 Å². The first kappa shape index (κ1) is 15.3. The van der Waals surface area contributed by atoms with Gasteiger partial charge in [0.25, 0.3) is 0 Å². The molecule has 2 rings (SSSR count). The molecule has 1 amide bonds. The number of likely N-dealkylation sites (tertiary alicyclic amines) is 1. The van der Waals surface area contributed by atoms with Crippen molar-refractivity contribution in [3.05, 3.63) is 28.2 Å². The van der Waals surface area contributed by atoms with Gasteiger partial charge in [0.1, 0.15) is 5.75 Å². The summed E-state index contributed by atoms with van der Waals surface area (Å²) >= 11 is 3.47. The average Bonchev–Trinajstić information content (AvgIpc) is 2.70. The van der Waals surface area contributed by atoms with Crippen molar-refractivity contribution in [3.63, 3.8) is 0 Å². The van der Waals surface area contributed by atoms with Crippen LogP contribution in [0.5, 0.6) is 5.75 Å². The normalized spacial score (nSPS) is 22.4. The Kier molecular flexibility index (Phi) is 5.01. The molecule has 6 heteroatoms. The highest BCUT2D eigenvalue weighted by molar-refractivity contribution is 9.10. The van der Waals surface area contributed by atoms with Crippen LogP contribution in [-0.4, -0.2) is 44.2 Å². The van der Waals surface area contributed by atoms with E-state index in [1.807, 2.05) is 18.2 Å². The molecule has 0 spiro atoms. The van der Waals surface area contributed by atoms with Crippen LogP contribution >= 0.6 is 15.9 Å². The third kappa shape index (κ3) is 2.97. The first-order chi connectivity index (χ1) is 9.58. The van der Waals surface area contributed by atoms with Crippen molar-refractivity contribution in [2.75, 3.05) is 27.4 Å². The van der Waals surface area contributed by atoms with Gasteiger partial charge in [-0.2, -0.15) is 0 Å². The molecule has 1 heterocycles. The second-order valence-corrected chi connectivity index (χ2v) is 5.64. The van der Waals surface area contributed by atoms with E-state index >= 15 is 0 Å². The third-order valence-corrected chi connectivity index (χ3v) is 4.15. The van der Waals surface area contributed by atoms with Gasteiger partial charge in [-0.25, -0.2) is 0 Å². The van der Waals surface area contributed by atoms with Gasteiger partial charge >= 0.3 is 0 Å². The summed E-state index contributed by atoms with van der Waals surface area (Å²) in [6.45, 7) is 1.06. The van der Waals surface area contributed by atoms with Gasteiger partial charge in [0.15, 0.2) is 0 Å². The number of hydrogen-bond acceptors (Lipinski definition) is 4. The lowest BCUT2D eigenvalue weighted by molar-refractivity contribution is -0.129. The lowest BCUT2D eigenvalue weighted by Crippen LogP contribution is -2.35. The number of hydrogen-bond donors (Lipinski definition) is 1. The Bertz CT molecular complexity index is 495. The molecule has 110 valence electrons. The maximum Gasteiger partial charge on any atom is 0.224 e. The van der Waals surface area contributed by atoms with Crippen molar-refractivity contribution in [2.24, 2.45) is 5.73 Å². The topological polar surface area (TPSA) is 64.8 Å². The highest BCUT2D eigenvalue weighted by Crippen LogP contribution is 2.35. The lowest BCUT2D eigenvalue weighted by Gasteiger charge is -2.27. The highest BCUT2D eigenvalue weighted by atomic mass is 79.9. The Balaban J connectivity index is 2.27. The molecule has 0 aromatic heterocycles. The molecule has 1 fully saturated rings. The predicted molar refractivity (Wildman–Crippen MR) is 79.6 cm³/mol. The molecule has 0 bridgehead atoms. The van der Waals surface area contributed by atoms with Crippen LogP contribution in [0.4, 0.5) is 0 Å². The molecule has 2 atom stereocenters. The molecule has 20 heavy (non-hydrogen) atoms. The van der Waals surface area contributed by atoms with Crippen LogP contribution in [0, 0.1) is 0 Å². The van der Waals surface area contributed by atoms with Gasteiger partial charge in [-0.15, -0.1) is 0 Å². The zero-order chi connectivity index (χ0) is 14.7. The molecule has 5 nitrogen and oxygen atoms in total. The maximum atomic E-state index is 12.0. The Morgan fingerprint density at radius 3 is 2.80 bits per heavy atom. The first-order valence-corrected chi connectivity index (χ1v) is 7.25. The van der Waals surface area contributed by atoms with E-state index in [1.54, 1.807) is 19.1 Å². The van der Waals surface area contributed by atoms with Gasteiger partial charge in [0.2, 0.25) is 5.91 Å². The lowest BCUT2D eigenvalue weighted by atomic mass is 10.0. The fraction of sp³-hybridized carbons (Fsp3) is 0.500. The maximum absolute atomic E-state index is 12.0. The van der Waals surface area contributed by atoms with Crippen molar-refractivity contribution >= 4 is 21.8 Å². The fourth-order valence-electron chi connectivity index (χ4n) is 2.56. The second kappa shape index (κ2) is 6.56. The van der Waals surface area contributed by atoms with E-state index in [0.717, 1.165) is 15.8 Å². The van der Waals surface area contributed by atoms with Crippen LogP contribution < -0.4 is 10.5 Å². The first-order valence-electron chi connectivity index (χ1n) is 6.46. The number of carbonyl (C=O) groups excluding carboxylic acids is 1. The summed E-state index contributed by atoms with van der Waals surface area (Å²) in [4.78, 5) is 13.8. The number of benzene rings is 1. The van der Waals surface area contributed by atoms with E-state index in [1.165, 1.54) is 0 Å². The minimum absolute atomic E-state index is 0.0755. The van der Waals surface area contributed by atoms with Crippen molar-refractivity contribution < 1.29 is 14.3 Å². The number of halogens is 1. The van der Waals surface area contributed by atoms with Crippen LogP contribution in [0.1, 0.15) is 18.0 Å². The summed E-state index contributed by atoms with van der Waals surface area (Å²) in [5.74, 6) is 0.835. The summed E-state index contributed by atoms with van der Waals surface area (Å²) in [5.41, 5.74) is 7.14. The van der Waals surface area contributed by atoms with E-state index in [9.17, 15) is 4.79 Å². The van der Waals surface area contributed by atoms with Crippen LogP contribution in [0.25, 0.3) is 0 Å². The van der Waals surface area contributed by atoms with Crippen molar-refractivity contribution in [1.82, 2.24) is 4.90 Å². The van der Waals surface area contributed by atoms with Gasteiger partial charge in [-0.05, 0) is 33.6 Å². The Morgan fingerprint density at radius 1 is 1.45 bits per heavy atom. The fourth-order valence-corrected chi connectivity index (χ4v) is 3.12. The molecular weight excluding hydrogens is 324 g/mol. The van der Waals surface area contributed by atoms with Crippen LogP contribution in [0.15, 0.2) is 22.7 Å². The van der Waals surface area contributed by atoms with Crippen molar-refractivity contribution in [3.8, 4) is 5.75 Å². The van der Waals surface area contributed by atoms with Crippen LogP contribution in [-0.2, 0) is 9.53 Å². The molecule has 0 radical (unpaired) electrons. The zero-order valence-electron chi connectivity index (χ0n) is 11.6. The summed E-state index contributed by atoms with van der Waals surface area (Å²) in [6, 6.07) is 5.48. The molecule has 1 aromatic carbocycles.